The first-order valence-corrected chi connectivity index (χ1v) is 11.5. The van der Waals surface area contributed by atoms with Crippen molar-refractivity contribution in [1.29, 1.82) is 0 Å². The maximum atomic E-state index is 12.5. The second-order valence-corrected chi connectivity index (χ2v) is 8.70. The minimum Gasteiger partial charge on any atom is -0.488 e. The number of carbonyl (C=O) groups excluding carboxylic acids is 3. The van der Waals surface area contributed by atoms with E-state index >= 15 is 0 Å². The Kier molecular flexibility index (Phi) is 7.05. The van der Waals surface area contributed by atoms with Gasteiger partial charge < -0.3 is 20.7 Å². The van der Waals surface area contributed by atoms with Crippen LogP contribution in [0.15, 0.2) is 36.4 Å². The van der Waals surface area contributed by atoms with E-state index in [1.54, 1.807) is 18.2 Å². The lowest BCUT2D eigenvalue weighted by Gasteiger charge is -2.35. The molecule has 2 aliphatic heterocycles. The van der Waals surface area contributed by atoms with E-state index in [1.807, 2.05) is 24.3 Å². The summed E-state index contributed by atoms with van der Waals surface area (Å²) in [7, 11) is 0. The zero-order valence-corrected chi connectivity index (χ0v) is 18.3. The fraction of sp³-hybridized carbons (Fsp3) is 0.480. The number of hydrogen-bond acceptors (Lipinski definition) is 5. The van der Waals surface area contributed by atoms with Crippen LogP contribution in [0.25, 0.3) is 6.08 Å². The van der Waals surface area contributed by atoms with E-state index in [0.29, 0.717) is 32.4 Å². The number of amides is 2. The van der Waals surface area contributed by atoms with Gasteiger partial charge in [0.05, 0.1) is 5.41 Å². The summed E-state index contributed by atoms with van der Waals surface area (Å²) in [4.78, 5) is 36.8. The van der Waals surface area contributed by atoms with Gasteiger partial charge >= 0.3 is 0 Å². The maximum Gasteiger partial charge on any atom is 0.243 e. The van der Waals surface area contributed by atoms with Gasteiger partial charge in [-0.05, 0) is 68.6 Å². The van der Waals surface area contributed by atoms with Gasteiger partial charge in [0.15, 0.2) is 0 Å². The molecule has 3 aliphatic rings. The summed E-state index contributed by atoms with van der Waals surface area (Å²) < 4.78 is 6.16. The second-order valence-electron chi connectivity index (χ2n) is 8.70. The fourth-order valence-corrected chi connectivity index (χ4v) is 4.66. The Morgan fingerprint density at radius 2 is 1.62 bits per heavy atom. The maximum absolute atomic E-state index is 12.5. The minimum absolute atomic E-state index is 0.122. The molecular weight excluding hydrogens is 406 g/mol. The molecule has 1 saturated carbocycles. The molecule has 4 rings (SSSR count). The Bertz CT molecular complexity index is 939. The number of ketones is 1. The van der Waals surface area contributed by atoms with Gasteiger partial charge in [0.2, 0.25) is 11.8 Å². The van der Waals surface area contributed by atoms with E-state index in [4.69, 9.17) is 4.74 Å². The zero-order chi connectivity index (χ0) is 22.4. The molecule has 2 atom stereocenters. The highest BCUT2D eigenvalue weighted by Gasteiger charge is 2.50. The van der Waals surface area contributed by atoms with Gasteiger partial charge in [0.1, 0.15) is 17.6 Å². The van der Waals surface area contributed by atoms with E-state index in [1.165, 1.54) is 0 Å². The van der Waals surface area contributed by atoms with Crippen LogP contribution in [-0.4, -0.2) is 49.9 Å². The number of ether oxygens (including phenoxy) is 1. The fourth-order valence-electron chi connectivity index (χ4n) is 4.66. The normalized spacial score (nSPS) is 29.1. The summed E-state index contributed by atoms with van der Waals surface area (Å²) in [6.45, 7) is 2.97. The smallest absolute Gasteiger partial charge is 0.243 e. The molecule has 1 aromatic carbocycles. The number of hydrogen-bond donors (Lipinski definition) is 3. The summed E-state index contributed by atoms with van der Waals surface area (Å²) in [5, 5.41) is 9.23. The van der Waals surface area contributed by atoms with Crippen LogP contribution in [0.4, 0.5) is 0 Å². The van der Waals surface area contributed by atoms with Crippen molar-refractivity contribution >= 4 is 23.7 Å². The van der Waals surface area contributed by atoms with Crippen LogP contribution in [0.3, 0.4) is 0 Å². The van der Waals surface area contributed by atoms with Gasteiger partial charge in [-0.2, -0.15) is 0 Å². The molecule has 2 bridgehead atoms. The predicted molar refractivity (Wildman–Crippen MR) is 122 cm³/mol. The number of nitrogens with one attached hydrogen (secondary N) is 3. The third-order valence-electron chi connectivity index (χ3n) is 6.45. The number of rotatable bonds is 0. The van der Waals surface area contributed by atoms with Crippen molar-refractivity contribution in [3.05, 3.63) is 47.6 Å². The van der Waals surface area contributed by atoms with Crippen molar-refractivity contribution in [1.82, 2.24) is 16.0 Å². The summed E-state index contributed by atoms with van der Waals surface area (Å²) in [5.41, 5.74) is 1.34. The third kappa shape index (κ3) is 5.10. The average molecular weight is 438 g/mol. The molecule has 170 valence electrons. The van der Waals surface area contributed by atoms with Crippen LogP contribution in [-0.2, 0) is 19.8 Å². The lowest BCUT2D eigenvalue weighted by Crippen LogP contribution is -2.42. The SMILES string of the molecule is O=C1CC[C@]23/C=C/C(=O)NCCCCNCCCNC(=O)/C=C/c4ccc(c2c4)O[C@@H]3C1. The molecule has 0 aromatic heterocycles. The summed E-state index contributed by atoms with van der Waals surface area (Å²) in [5.74, 6) is 0.677. The van der Waals surface area contributed by atoms with Crippen molar-refractivity contribution in [2.45, 2.75) is 50.0 Å². The first-order valence-electron chi connectivity index (χ1n) is 11.5. The van der Waals surface area contributed by atoms with E-state index in [9.17, 15) is 14.4 Å². The number of Topliss-reactive ketones (excluding diaryl/α,β-unsaturated/α-hetero) is 1. The molecule has 32 heavy (non-hydrogen) atoms. The van der Waals surface area contributed by atoms with Crippen molar-refractivity contribution < 1.29 is 19.1 Å². The highest BCUT2D eigenvalue weighted by Crippen LogP contribution is 2.51. The lowest BCUT2D eigenvalue weighted by molar-refractivity contribution is -0.123. The first-order chi connectivity index (χ1) is 15.6. The number of carbonyl (C=O) groups is 3. The molecule has 7 nitrogen and oxygen atoms in total. The zero-order valence-electron chi connectivity index (χ0n) is 18.3. The molecule has 2 heterocycles. The van der Waals surface area contributed by atoms with E-state index in [0.717, 1.165) is 49.2 Å². The quantitative estimate of drug-likeness (QED) is 0.577. The van der Waals surface area contributed by atoms with E-state index < -0.39 is 5.41 Å². The van der Waals surface area contributed by atoms with Gasteiger partial charge in [0, 0.05) is 37.6 Å². The monoisotopic (exact) mass is 437 g/mol. The third-order valence-corrected chi connectivity index (χ3v) is 6.45. The van der Waals surface area contributed by atoms with E-state index in [2.05, 4.69) is 16.0 Å². The van der Waals surface area contributed by atoms with Crippen LogP contribution in [0, 0.1) is 0 Å². The van der Waals surface area contributed by atoms with Crippen molar-refractivity contribution in [2.75, 3.05) is 26.2 Å². The molecule has 0 unspecified atom stereocenters. The van der Waals surface area contributed by atoms with Gasteiger partial charge in [-0.3, -0.25) is 14.4 Å². The van der Waals surface area contributed by atoms with E-state index in [-0.39, 0.29) is 23.7 Å². The molecule has 1 spiro atoms. The molecule has 7 heteroatoms. The largest absolute Gasteiger partial charge is 0.488 e. The predicted octanol–water partition coefficient (Wildman–Crippen LogP) is 2.01. The van der Waals surface area contributed by atoms with Crippen molar-refractivity contribution in [3.63, 3.8) is 0 Å². The highest BCUT2D eigenvalue weighted by atomic mass is 16.5. The molecule has 2 amide bonds. The van der Waals surface area contributed by atoms with Gasteiger partial charge in [-0.15, -0.1) is 0 Å². The molecule has 0 saturated heterocycles. The molecule has 3 N–H and O–H groups in total. The Morgan fingerprint density at radius 1 is 0.875 bits per heavy atom. The Morgan fingerprint density at radius 3 is 2.50 bits per heavy atom. The number of benzene rings is 1. The average Bonchev–Trinajstić information content (AvgIpc) is 3.10. The minimum atomic E-state index is -0.516. The van der Waals surface area contributed by atoms with Gasteiger partial charge in [-0.1, -0.05) is 12.1 Å². The first kappa shape index (κ1) is 22.3. The highest BCUT2D eigenvalue weighted by molar-refractivity contribution is 5.92. The van der Waals surface area contributed by atoms with Crippen LogP contribution in [0.5, 0.6) is 5.75 Å². The topological polar surface area (TPSA) is 96.5 Å². The summed E-state index contributed by atoms with van der Waals surface area (Å²) >= 11 is 0. The molecule has 1 aromatic rings. The van der Waals surface area contributed by atoms with Crippen LogP contribution >= 0.6 is 0 Å². The number of fused-ring (bicyclic) bond motifs is 1. The van der Waals surface area contributed by atoms with Crippen LogP contribution in [0.1, 0.15) is 49.7 Å². The molecule has 1 aliphatic carbocycles. The Hall–Kier alpha value is -2.93. The molecule has 1 fully saturated rings. The van der Waals surface area contributed by atoms with Gasteiger partial charge in [0.25, 0.3) is 0 Å². The standard InChI is InChI=1S/C25H31N3O4/c29-19-8-10-25-11-9-24(31)27-14-2-1-12-26-13-3-15-28-23(30)7-5-18-4-6-21(20(25)16-18)32-22(25)17-19/h4-7,9,11,16,22,26H,1-3,8,10,12-15,17H2,(H,27,31)(H,28,30)/b7-5+,11-9+/t22-,25+/m1/s1. The lowest BCUT2D eigenvalue weighted by atomic mass is 9.68. The summed E-state index contributed by atoms with van der Waals surface area (Å²) in [6.07, 6.45) is 10.7. The Labute approximate surface area is 188 Å². The Balaban J connectivity index is 1.62. The van der Waals surface area contributed by atoms with Crippen LogP contribution < -0.4 is 20.7 Å². The second kappa shape index (κ2) is 10.1. The van der Waals surface area contributed by atoms with Crippen molar-refractivity contribution in [2.24, 2.45) is 0 Å². The molecular formula is C25H31N3O4. The molecule has 0 radical (unpaired) electrons. The van der Waals surface area contributed by atoms with Crippen LogP contribution in [0.2, 0.25) is 0 Å². The van der Waals surface area contributed by atoms with Crippen molar-refractivity contribution in [3.8, 4) is 5.75 Å². The van der Waals surface area contributed by atoms with Gasteiger partial charge in [-0.25, -0.2) is 0 Å². The summed E-state index contributed by atoms with van der Waals surface area (Å²) in [6, 6.07) is 5.81.